The van der Waals surface area contributed by atoms with Crippen molar-refractivity contribution < 1.29 is 14.7 Å². The quantitative estimate of drug-likeness (QED) is 0.665. The minimum Gasteiger partial charge on any atom is -0.480 e. The number of hydrogen-bond acceptors (Lipinski definition) is 2. The van der Waals surface area contributed by atoms with Crippen LogP contribution in [0.15, 0.2) is 24.3 Å². The van der Waals surface area contributed by atoms with Gasteiger partial charge in [-0.2, -0.15) is 0 Å². The molecule has 0 unspecified atom stereocenters. The first-order valence-electron chi connectivity index (χ1n) is 4.74. The second kappa shape index (κ2) is 6.25. The first-order chi connectivity index (χ1) is 8.04. The molecule has 1 aromatic rings. The molecule has 0 aliphatic heterocycles. The first-order valence-corrected chi connectivity index (χ1v) is 5.82. The third-order valence-electron chi connectivity index (χ3n) is 1.99. The van der Waals surface area contributed by atoms with Crippen molar-refractivity contribution in [2.75, 3.05) is 13.1 Å². The highest BCUT2D eigenvalue weighted by molar-refractivity contribution is 14.1. The van der Waals surface area contributed by atoms with Gasteiger partial charge in [-0.15, -0.1) is 6.42 Å². The summed E-state index contributed by atoms with van der Waals surface area (Å²) in [6.45, 7) is -0.411. The number of carboxylic acid groups (broad SMARTS) is 1. The van der Waals surface area contributed by atoms with Gasteiger partial charge in [0.15, 0.2) is 0 Å². The van der Waals surface area contributed by atoms with Crippen LogP contribution in [0.4, 0.5) is 0 Å². The lowest BCUT2D eigenvalue weighted by molar-refractivity contribution is -0.137. The van der Waals surface area contributed by atoms with Gasteiger partial charge in [-0.05, 0) is 46.9 Å². The number of hydrogen-bond donors (Lipinski definition) is 1. The molecular formula is C12H10INO3. The van der Waals surface area contributed by atoms with Crippen LogP contribution in [0.5, 0.6) is 0 Å². The molecule has 0 saturated carbocycles. The lowest BCUT2D eigenvalue weighted by atomic mass is 10.2. The van der Waals surface area contributed by atoms with E-state index < -0.39 is 12.5 Å². The van der Waals surface area contributed by atoms with Gasteiger partial charge in [0.05, 0.1) is 6.54 Å². The fraction of sp³-hybridized carbons (Fsp3) is 0.167. The Hall–Kier alpha value is -1.55. The summed E-state index contributed by atoms with van der Waals surface area (Å²) in [6, 6.07) is 6.86. The minimum atomic E-state index is -1.08. The monoisotopic (exact) mass is 343 g/mol. The highest BCUT2D eigenvalue weighted by Gasteiger charge is 2.17. The largest absolute Gasteiger partial charge is 0.480 e. The van der Waals surface area contributed by atoms with Crippen LogP contribution in [0.2, 0.25) is 0 Å². The van der Waals surface area contributed by atoms with E-state index in [0.717, 1.165) is 8.47 Å². The maximum Gasteiger partial charge on any atom is 0.323 e. The number of aliphatic carboxylic acids is 1. The summed E-state index contributed by atoms with van der Waals surface area (Å²) in [5.74, 6) is 0.818. The van der Waals surface area contributed by atoms with Gasteiger partial charge in [0.25, 0.3) is 5.91 Å². The van der Waals surface area contributed by atoms with Gasteiger partial charge in [-0.25, -0.2) is 0 Å². The molecule has 17 heavy (non-hydrogen) atoms. The van der Waals surface area contributed by atoms with Gasteiger partial charge < -0.3 is 10.0 Å². The molecule has 1 aromatic carbocycles. The second-order valence-corrected chi connectivity index (χ2v) is 4.51. The number of benzene rings is 1. The summed E-state index contributed by atoms with van der Waals surface area (Å²) >= 11 is 2.12. The van der Waals surface area contributed by atoms with Crippen LogP contribution in [0, 0.1) is 15.9 Å². The van der Waals surface area contributed by atoms with Gasteiger partial charge in [0.2, 0.25) is 0 Å². The van der Waals surface area contributed by atoms with E-state index >= 15 is 0 Å². The molecule has 1 amide bonds. The predicted molar refractivity (Wildman–Crippen MR) is 71.5 cm³/mol. The number of carbonyl (C=O) groups excluding carboxylic acids is 1. The Morgan fingerprint density at radius 2 is 1.94 bits per heavy atom. The third kappa shape index (κ3) is 4.07. The third-order valence-corrected chi connectivity index (χ3v) is 2.71. The number of nitrogens with zero attached hydrogens (tertiary/aromatic N) is 1. The summed E-state index contributed by atoms with van der Waals surface area (Å²) in [5, 5.41) is 8.69. The van der Waals surface area contributed by atoms with Gasteiger partial charge in [-0.3, -0.25) is 9.59 Å². The molecule has 0 saturated heterocycles. The SMILES string of the molecule is C#CCN(CC(=O)O)C(=O)c1ccc(I)cc1. The molecule has 0 radical (unpaired) electrons. The molecular weight excluding hydrogens is 333 g/mol. The molecule has 88 valence electrons. The zero-order valence-electron chi connectivity index (χ0n) is 8.89. The smallest absolute Gasteiger partial charge is 0.323 e. The van der Waals surface area contributed by atoms with Gasteiger partial charge in [-0.1, -0.05) is 5.92 Å². The van der Waals surface area contributed by atoms with Gasteiger partial charge in [0.1, 0.15) is 6.54 Å². The fourth-order valence-corrected chi connectivity index (χ4v) is 1.61. The molecule has 5 heteroatoms. The Labute approximate surface area is 113 Å². The van der Waals surface area contributed by atoms with E-state index in [1.165, 1.54) is 0 Å². The Kier molecular flexibility index (Phi) is 4.97. The zero-order valence-corrected chi connectivity index (χ0v) is 11.0. The van der Waals surface area contributed by atoms with Crippen molar-refractivity contribution in [1.29, 1.82) is 0 Å². The Morgan fingerprint density at radius 1 is 1.35 bits per heavy atom. The van der Waals surface area contributed by atoms with E-state index in [4.69, 9.17) is 11.5 Å². The van der Waals surface area contributed by atoms with Gasteiger partial charge >= 0.3 is 5.97 Å². The standard InChI is InChI=1S/C12H10INO3/c1-2-7-14(8-11(15)16)12(17)9-3-5-10(13)6-4-9/h1,3-6H,7-8H2,(H,15,16). The van der Waals surface area contributed by atoms with E-state index in [1.54, 1.807) is 24.3 Å². The number of carboxylic acids is 1. The maximum atomic E-state index is 11.9. The topological polar surface area (TPSA) is 57.6 Å². The van der Waals surface area contributed by atoms with E-state index in [9.17, 15) is 9.59 Å². The predicted octanol–water partition coefficient (Wildman–Crippen LogP) is 1.45. The number of halogens is 1. The van der Waals surface area contributed by atoms with Crippen LogP contribution in [-0.4, -0.2) is 35.0 Å². The molecule has 0 aliphatic rings. The summed E-state index contributed by atoms with van der Waals surface area (Å²) in [7, 11) is 0. The van der Waals surface area contributed by atoms with Crippen LogP contribution in [-0.2, 0) is 4.79 Å². The molecule has 1 rings (SSSR count). The summed E-state index contributed by atoms with van der Waals surface area (Å²) < 4.78 is 1.00. The number of rotatable bonds is 4. The molecule has 0 heterocycles. The zero-order chi connectivity index (χ0) is 12.8. The lowest BCUT2D eigenvalue weighted by Gasteiger charge is -2.17. The van der Waals surface area contributed by atoms with Gasteiger partial charge in [0, 0.05) is 9.13 Å². The minimum absolute atomic E-state index is 0.0167. The van der Waals surface area contributed by atoms with E-state index in [-0.39, 0.29) is 12.5 Å². The van der Waals surface area contributed by atoms with Crippen LogP contribution >= 0.6 is 22.6 Å². The lowest BCUT2D eigenvalue weighted by Crippen LogP contribution is -2.35. The summed E-state index contributed by atoms with van der Waals surface area (Å²) in [6.07, 6.45) is 5.11. The van der Waals surface area contributed by atoms with Crippen molar-refractivity contribution in [3.8, 4) is 12.3 Å². The average molecular weight is 343 g/mol. The Morgan fingerprint density at radius 3 is 2.41 bits per heavy atom. The van der Waals surface area contributed by atoms with E-state index in [0.29, 0.717) is 5.56 Å². The Balaban J connectivity index is 2.88. The van der Waals surface area contributed by atoms with Crippen LogP contribution in [0.1, 0.15) is 10.4 Å². The number of carbonyl (C=O) groups is 2. The molecule has 0 fully saturated rings. The average Bonchev–Trinajstić information content (AvgIpc) is 2.28. The number of amides is 1. The van der Waals surface area contributed by atoms with Crippen LogP contribution < -0.4 is 0 Å². The van der Waals surface area contributed by atoms with E-state index in [2.05, 4.69) is 28.5 Å². The van der Waals surface area contributed by atoms with Crippen molar-refractivity contribution in [2.45, 2.75) is 0 Å². The van der Waals surface area contributed by atoms with Crippen molar-refractivity contribution in [2.24, 2.45) is 0 Å². The summed E-state index contributed by atoms with van der Waals surface area (Å²) in [4.78, 5) is 23.7. The van der Waals surface area contributed by atoms with Crippen LogP contribution in [0.25, 0.3) is 0 Å². The van der Waals surface area contributed by atoms with Crippen molar-refractivity contribution in [3.05, 3.63) is 33.4 Å². The van der Waals surface area contributed by atoms with Crippen molar-refractivity contribution in [3.63, 3.8) is 0 Å². The molecule has 0 bridgehead atoms. The fourth-order valence-electron chi connectivity index (χ4n) is 1.25. The first kappa shape index (κ1) is 13.5. The van der Waals surface area contributed by atoms with E-state index in [1.807, 2.05) is 0 Å². The molecule has 0 aliphatic carbocycles. The summed E-state index contributed by atoms with van der Waals surface area (Å²) in [5.41, 5.74) is 0.432. The second-order valence-electron chi connectivity index (χ2n) is 3.27. The molecule has 0 atom stereocenters. The van der Waals surface area contributed by atoms with Crippen molar-refractivity contribution >= 4 is 34.5 Å². The number of terminal acetylenes is 1. The normalized spacial score (nSPS) is 9.41. The highest BCUT2D eigenvalue weighted by atomic mass is 127. The molecule has 0 aromatic heterocycles. The molecule has 1 N–H and O–H groups in total. The molecule has 4 nitrogen and oxygen atoms in total. The highest BCUT2D eigenvalue weighted by Crippen LogP contribution is 2.09. The molecule has 0 spiro atoms. The Bertz CT molecular complexity index is 462. The van der Waals surface area contributed by atoms with Crippen LogP contribution in [0.3, 0.4) is 0 Å². The maximum absolute atomic E-state index is 11.9. The van der Waals surface area contributed by atoms with Crippen molar-refractivity contribution in [1.82, 2.24) is 4.90 Å².